The molecule has 0 aliphatic rings. The van der Waals surface area contributed by atoms with Gasteiger partial charge in [0.15, 0.2) is 0 Å². The Labute approximate surface area is 119 Å². The van der Waals surface area contributed by atoms with Crippen LogP contribution in [0.3, 0.4) is 0 Å². The minimum absolute atomic E-state index is 0.0348. The van der Waals surface area contributed by atoms with Gasteiger partial charge in [-0.15, -0.1) is 0 Å². The van der Waals surface area contributed by atoms with E-state index in [9.17, 15) is 13.5 Å². The van der Waals surface area contributed by atoms with Gasteiger partial charge in [0.1, 0.15) is 10.6 Å². The molecule has 100 valence electrons. The van der Waals surface area contributed by atoms with Crippen LogP contribution >= 0.6 is 15.9 Å². The zero-order valence-corrected chi connectivity index (χ0v) is 12.4. The number of nitrogens with zero attached hydrogens (tertiary/aromatic N) is 1. The number of phenols is 1. The Balaban J connectivity index is 2.33. The number of hydrogen-bond acceptors (Lipinski definition) is 4. The van der Waals surface area contributed by atoms with Crippen LogP contribution in [0.4, 0.5) is 5.69 Å². The number of halogens is 1. The van der Waals surface area contributed by atoms with Gasteiger partial charge in [-0.25, -0.2) is 8.42 Å². The van der Waals surface area contributed by atoms with Crippen molar-refractivity contribution in [3.05, 3.63) is 46.7 Å². The number of aromatic nitrogens is 1. The maximum Gasteiger partial charge on any atom is 0.263 e. The Morgan fingerprint density at radius 3 is 2.63 bits per heavy atom. The summed E-state index contributed by atoms with van der Waals surface area (Å²) in [5.74, 6) is 0.0348. The van der Waals surface area contributed by atoms with Crippen molar-refractivity contribution in [2.45, 2.75) is 11.8 Å². The van der Waals surface area contributed by atoms with E-state index < -0.39 is 10.0 Å². The minimum atomic E-state index is -3.72. The summed E-state index contributed by atoms with van der Waals surface area (Å²) in [6, 6.07) is 6.02. The molecule has 2 rings (SSSR count). The molecule has 0 unspecified atom stereocenters. The highest BCUT2D eigenvalue weighted by molar-refractivity contribution is 9.10. The summed E-state index contributed by atoms with van der Waals surface area (Å²) in [4.78, 5) is 3.85. The molecule has 1 aromatic heterocycles. The zero-order valence-electron chi connectivity index (χ0n) is 9.96. The van der Waals surface area contributed by atoms with E-state index in [1.54, 1.807) is 19.1 Å². The molecule has 0 aliphatic heterocycles. The largest absolute Gasteiger partial charge is 0.508 e. The van der Waals surface area contributed by atoms with E-state index in [0.29, 0.717) is 15.7 Å². The number of rotatable bonds is 3. The van der Waals surface area contributed by atoms with E-state index in [-0.39, 0.29) is 10.6 Å². The van der Waals surface area contributed by atoms with E-state index in [1.165, 1.54) is 24.5 Å². The molecule has 1 heterocycles. The molecule has 19 heavy (non-hydrogen) atoms. The number of benzene rings is 1. The van der Waals surface area contributed by atoms with Crippen molar-refractivity contribution in [1.29, 1.82) is 0 Å². The number of nitrogens with one attached hydrogen (secondary N) is 1. The third-order valence-corrected chi connectivity index (χ3v) is 4.23. The average molecular weight is 343 g/mol. The summed E-state index contributed by atoms with van der Waals surface area (Å²) in [5, 5.41) is 9.56. The Bertz CT molecular complexity index is 717. The van der Waals surface area contributed by atoms with Gasteiger partial charge in [0.05, 0.1) is 5.69 Å². The van der Waals surface area contributed by atoms with Crippen LogP contribution in [-0.4, -0.2) is 18.5 Å². The van der Waals surface area contributed by atoms with Gasteiger partial charge in [0, 0.05) is 22.9 Å². The lowest BCUT2D eigenvalue weighted by Gasteiger charge is -2.09. The van der Waals surface area contributed by atoms with Crippen LogP contribution in [0, 0.1) is 6.92 Å². The first kappa shape index (κ1) is 13.8. The molecule has 0 fully saturated rings. The van der Waals surface area contributed by atoms with Crippen LogP contribution < -0.4 is 4.72 Å². The summed E-state index contributed by atoms with van der Waals surface area (Å²) in [6.45, 7) is 1.73. The molecule has 7 heteroatoms. The van der Waals surface area contributed by atoms with Gasteiger partial charge < -0.3 is 5.11 Å². The number of aryl methyl sites for hydroxylation is 1. The molecule has 0 radical (unpaired) electrons. The molecule has 0 amide bonds. The molecule has 2 N–H and O–H groups in total. The molecule has 0 saturated heterocycles. The minimum Gasteiger partial charge on any atom is -0.508 e. The normalized spacial score (nSPS) is 11.3. The van der Waals surface area contributed by atoms with Gasteiger partial charge >= 0.3 is 0 Å². The van der Waals surface area contributed by atoms with Crippen molar-refractivity contribution in [2.75, 3.05) is 4.72 Å². The Morgan fingerprint density at radius 1 is 1.26 bits per heavy atom. The molecule has 0 saturated carbocycles. The maximum absolute atomic E-state index is 12.1. The van der Waals surface area contributed by atoms with Gasteiger partial charge in [0.2, 0.25) is 0 Å². The van der Waals surface area contributed by atoms with Crippen LogP contribution in [0.15, 0.2) is 46.0 Å². The lowest BCUT2D eigenvalue weighted by Crippen LogP contribution is -2.13. The number of anilines is 1. The molecule has 5 nitrogen and oxygen atoms in total. The van der Waals surface area contributed by atoms with E-state index in [4.69, 9.17) is 0 Å². The maximum atomic E-state index is 12.1. The molecule has 0 spiro atoms. The van der Waals surface area contributed by atoms with E-state index in [2.05, 4.69) is 25.6 Å². The molecule has 0 atom stereocenters. The van der Waals surface area contributed by atoms with Crippen LogP contribution in [-0.2, 0) is 10.0 Å². The fourth-order valence-electron chi connectivity index (χ4n) is 1.43. The van der Waals surface area contributed by atoms with Crippen molar-refractivity contribution in [2.24, 2.45) is 0 Å². The molecule has 0 bridgehead atoms. The van der Waals surface area contributed by atoms with Crippen LogP contribution in [0.25, 0.3) is 0 Å². The average Bonchev–Trinajstić information content (AvgIpc) is 2.33. The molecule has 0 aliphatic carbocycles. The van der Waals surface area contributed by atoms with E-state index >= 15 is 0 Å². The Hall–Kier alpha value is -1.60. The van der Waals surface area contributed by atoms with Crippen LogP contribution in [0.1, 0.15) is 5.56 Å². The Kier molecular flexibility index (Phi) is 3.77. The summed E-state index contributed by atoms with van der Waals surface area (Å²) in [6.07, 6.45) is 2.75. The number of hydrogen-bond donors (Lipinski definition) is 2. The monoisotopic (exact) mass is 342 g/mol. The summed E-state index contributed by atoms with van der Waals surface area (Å²) in [7, 11) is -3.72. The first-order valence-corrected chi connectivity index (χ1v) is 7.59. The highest BCUT2D eigenvalue weighted by atomic mass is 79.9. The van der Waals surface area contributed by atoms with Crippen molar-refractivity contribution >= 4 is 31.6 Å². The molecular formula is C12H11BrN2O3S. The zero-order chi connectivity index (χ0) is 14.0. The second-order valence-corrected chi connectivity index (χ2v) is 6.54. The quantitative estimate of drug-likeness (QED) is 0.898. The van der Waals surface area contributed by atoms with Crippen LogP contribution in [0.5, 0.6) is 5.75 Å². The van der Waals surface area contributed by atoms with E-state index in [0.717, 1.165) is 0 Å². The topological polar surface area (TPSA) is 79.3 Å². The SMILES string of the molecule is Cc1ccc(NS(=O)(=O)c2cncc(Br)c2)cc1O. The summed E-state index contributed by atoms with van der Waals surface area (Å²) < 4.78 is 27.1. The lowest BCUT2D eigenvalue weighted by atomic mass is 10.2. The van der Waals surface area contributed by atoms with Gasteiger partial charge in [0.25, 0.3) is 10.0 Å². The first-order valence-electron chi connectivity index (χ1n) is 5.31. The lowest BCUT2D eigenvalue weighted by molar-refractivity contribution is 0.471. The fraction of sp³-hybridized carbons (Fsp3) is 0.0833. The smallest absolute Gasteiger partial charge is 0.263 e. The van der Waals surface area contributed by atoms with Gasteiger partial charge in [-0.1, -0.05) is 6.07 Å². The number of pyridine rings is 1. The highest BCUT2D eigenvalue weighted by Gasteiger charge is 2.15. The highest BCUT2D eigenvalue weighted by Crippen LogP contribution is 2.23. The number of aromatic hydroxyl groups is 1. The van der Waals surface area contributed by atoms with Gasteiger partial charge in [-0.2, -0.15) is 0 Å². The summed E-state index contributed by atoms with van der Waals surface area (Å²) >= 11 is 3.17. The van der Waals surface area contributed by atoms with Crippen molar-refractivity contribution in [3.8, 4) is 5.75 Å². The third kappa shape index (κ3) is 3.24. The summed E-state index contributed by atoms with van der Waals surface area (Å²) in [5.41, 5.74) is 0.968. The molecule has 1 aromatic carbocycles. The van der Waals surface area contributed by atoms with Crippen molar-refractivity contribution in [3.63, 3.8) is 0 Å². The predicted molar refractivity (Wildman–Crippen MR) is 75.6 cm³/mol. The van der Waals surface area contributed by atoms with Gasteiger partial charge in [-0.05, 0) is 40.5 Å². The molecular weight excluding hydrogens is 332 g/mol. The van der Waals surface area contributed by atoms with Crippen molar-refractivity contribution < 1.29 is 13.5 Å². The van der Waals surface area contributed by atoms with Crippen molar-refractivity contribution in [1.82, 2.24) is 4.98 Å². The Morgan fingerprint density at radius 2 is 2.00 bits per heavy atom. The third-order valence-electron chi connectivity index (χ3n) is 2.45. The predicted octanol–water partition coefficient (Wildman–Crippen LogP) is 2.66. The fourth-order valence-corrected chi connectivity index (χ4v) is 2.98. The van der Waals surface area contributed by atoms with Crippen LogP contribution in [0.2, 0.25) is 0 Å². The number of sulfonamides is 1. The standard InChI is InChI=1S/C12H11BrN2O3S/c1-8-2-3-10(5-12(8)16)15-19(17,18)11-4-9(13)6-14-7-11/h2-7,15-16H,1H3. The van der Waals surface area contributed by atoms with E-state index in [1.807, 2.05) is 0 Å². The number of phenolic OH excluding ortho intramolecular Hbond substituents is 1. The second kappa shape index (κ2) is 5.18. The second-order valence-electron chi connectivity index (χ2n) is 3.95. The first-order chi connectivity index (χ1) is 8.88. The van der Waals surface area contributed by atoms with Gasteiger partial charge in [-0.3, -0.25) is 9.71 Å². The molecule has 2 aromatic rings.